The predicted octanol–water partition coefficient (Wildman–Crippen LogP) is 3.88. The Bertz CT molecular complexity index is 1240. The minimum absolute atomic E-state index is 0.0102. The van der Waals surface area contributed by atoms with E-state index in [0.717, 1.165) is 27.8 Å². The number of fused-ring (bicyclic) bond motifs is 1. The summed E-state index contributed by atoms with van der Waals surface area (Å²) in [4.78, 5) is 24.2. The number of benzene rings is 2. The second kappa shape index (κ2) is 7.75. The molecule has 0 N–H and O–H groups in total. The minimum Gasteiger partial charge on any atom is -0.461 e. The number of carbonyl (C=O) groups is 1. The molecule has 0 radical (unpaired) electrons. The molecule has 0 fully saturated rings. The van der Waals surface area contributed by atoms with E-state index in [1.54, 1.807) is 17.1 Å². The van der Waals surface area contributed by atoms with E-state index in [4.69, 9.17) is 9.15 Å². The lowest BCUT2D eigenvalue weighted by Crippen LogP contribution is -2.09. The van der Waals surface area contributed by atoms with Crippen molar-refractivity contribution in [2.75, 3.05) is 0 Å². The van der Waals surface area contributed by atoms with Gasteiger partial charge in [-0.05, 0) is 49.2 Å². The second-order valence-electron chi connectivity index (χ2n) is 6.99. The van der Waals surface area contributed by atoms with Crippen LogP contribution >= 0.6 is 0 Å². The van der Waals surface area contributed by atoms with Gasteiger partial charge in [-0.2, -0.15) is 5.10 Å². The van der Waals surface area contributed by atoms with Crippen LogP contribution in [0.15, 0.2) is 70.1 Å². The lowest BCUT2D eigenvalue weighted by molar-refractivity contribution is -0.144. The molecule has 4 rings (SSSR count). The summed E-state index contributed by atoms with van der Waals surface area (Å²) in [5.74, 6) is -0.386. The van der Waals surface area contributed by atoms with E-state index in [-0.39, 0.29) is 19.0 Å². The zero-order valence-corrected chi connectivity index (χ0v) is 16.2. The molecule has 0 aliphatic heterocycles. The van der Waals surface area contributed by atoms with Crippen molar-refractivity contribution >= 4 is 16.9 Å². The number of rotatable bonds is 5. The molecule has 0 unspecified atom stereocenters. The molecule has 6 heteroatoms. The number of nitrogens with zero attached hydrogens (tertiary/aromatic N) is 2. The van der Waals surface area contributed by atoms with Gasteiger partial charge in [-0.25, -0.2) is 9.48 Å². The first-order valence-electron chi connectivity index (χ1n) is 9.28. The van der Waals surface area contributed by atoms with Crippen molar-refractivity contribution in [2.24, 2.45) is 0 Å². The van der Waals surface area contributed by atoms with Crippen molar-refractivity contribution in [2.45, 2.75) is 26.9 Å². The Morgan fingerprint density at radius 2 is 1.86 bits per heavy atom. The van der Waals surface area contributed by atoms with Crippen LogP contribution in [0.2, 0.25) is 0 Å². The molecule has 0 spiro atoms. The maximum Gasteiger partial charge on any atom is 0.336 e. The lowest BCUT2D eigenvalue weighted by atomic mass is 10.0. The van der Waals surface area contributed by atoms with E-state index in [2.05, 4.69) is 5.10 Å². The van der Waals surface area contributed by atoms with Gasteiger partial charge in [0, 0.05) is 28.8 Å². The Balaban J connectivity index is 1.47. The Morgan fingerprint density at radius 1 is 1.10 bits per heavy atom. The smallest absolute Gasteiger partial charge is 0.336 e. The summed E-state index contributed by atoms with van der Waals surface area (Å²) in [6.07, 6.45) is 3.55. The monoisotopic (exact) mass is 388 g/mol. The van der Waals surface area contributed by atoms with Crippen LogP contribution in [0, 0.1) is 13.8 Å². The number of aryl methyl sites for hydroxylation is 2. The van der Waals surface area contributed by atoms with E-state index in [0.29, 0.717) is 11.1 Å². The van der Waals surface area contributed by atoms with Gasteiger partial charge in [0.2, 0.25) is 0 Å². The number of aromatic nitrogens is 2. The number of ether oxygens (including phenoxy) is 1. The van der Waals surface area contributed by atoms with Crippen molar-refractivity contribution in [1.82, 2.24) is 9.78 Å². The SMILES string of the molecule is Cc1cc2oc(=O)cc(COC(=O)Cc3cnn(-c4ccccc4)c3)c2cc1C. The van der Waals surface area contributed by atoms with Crippen LogP contribution in [-0.4, -0.2) is 15.7 Å². The van der Waals surface area contributed by atoms with Crippen LogP contribution in [0.25, 0.3) is 16.7 Å². The molecule has 0 aliphatic rings. The standard InChI is InChI=1S/C23H20N2O4/c1-15-8-20-18(11-23(27)29-21(20)9-16(15)2)14-28-22(26)10-17-12-24-25(13-17)19-6-4-3-5-7-19/h3-9,11-13H,10,14H2,1-2H3. The molecule has 0 bridgehead atoms. The van der Waals surface area contributed by atoms with E-state index in [1.165, 1.54) is 6.07 Å². The first kappa shape index (κ1) is 18.7. The van der Waals surface area contributed by atoms with Crippen molar-refractivity contribution in [3.63, 3.8) is 0 Å². The second-order valence-corrected chi connectivity index (χ2v) is 6.99. The molecule has 2 aromatic carbocycles. The highest BCUT2D eigenvalue weighted by atomic mass is 16.5. The van der Waals surface area contributed by atoms with Gasteiger partial charge in [-0.3, -0.25) is 4.79 Å². The van der Waals surface area contributed by atoms with Crippen molar-refractivity contribution in [1.29, 1.82) is 0 Å². The highest BCUT2D eigenvalue weighted by Crippen LogP contribution is 2.22. The van der Waals surface area contributed by atoms with Crippen LogP contribution in [0.4, 0.5) is 0 Å². The third kappa shape index (κ3) is 4.11. The Kier molecular flexibility index (Phi) is 4.99. The summed E-state index contributed by atoms with van der Waals surface area (Å²) in [6.45, 7) is 3.95. The molecule has 0 aliphatic carbocycles. The van der Waals surface area contributed by atoms with Gasteiger partial charge in [0.1, 0.15) is 12.2 Å². The first-order valence-corrected chi connectivity index (χ1v) is 9.28. The molecule has 4 aromatic rings. The zero-order chi connectivity index (χ0) is 20.4. The summed E-state index contributed by atoms with van der Waals surface area (Å²) in [5.41, 5.74) is 4.44. The fourth-order valence-corrected chi connectivity index (χ4v) is 3.15. The van der Waals surface area contributed by atoms with Gasteiger partial charge in [-0.1, -0.05) is 18.2 Å². The average Bonchev–Trinajstić information content (AvgIpc) is 3.16. The Labute approximate surface area is 167 Å². The van der Waals surface area contributed by atoms with Gasteiger partial charge in [0.25, 0.3) is 0 Å². The van der Waals surface area contributed by atoms with Gasteiger partial charge in [0.15, 0.2) is 0 Å². The number of hydrogen-bond donors (Lipinski definition) is 0. The predicted molar refractivity (Wildman–Crippen MR) is 109 cm³/mol. The van der Waals surface area contributed by atoms with Crippen molar-refractivity contribution in [3.05, 3.63) is 93.6 Å². The maximum atomic E-state index is 12.3. The fraction of sp³-hybridized carbons (Fsp3) is 0.174. The molecule has 2 aromatic heterocycles. The van der Waals surface area contributed by atoms with E-state index >= 15 is 0 Å². The summed E-state index contributed by atoms with van der Waals surface area (Å²) >= 11 is 0. The van der Waals surface area contributed by atoms with Gasteiger partial charge in [-0.15, -0.1) is 0 Å². The summed E-state index contributed by atoms with van der Waals surface area (Å²) in [6, 6.07) is 14.8. The molecule has 29 heavy (non-hydrogen) atoms. The van der Waals surface area contributed by atoms with Gasteiger partial charge < -0.3 is 9.15 Å². The fourth-order valence-electron chi connectivity index (χ4n) is 3.15. The van der Waals surface area contributed by atoms with Crippen molar-refractivity contribution in [3.8, 4) is 5.69 Å². The Hall–Kier alpha value is -3.67. The molecule has 2 heterocycles. The molecule has 0 saturated carbocycles. The molecular formula is C23H20N2O4. The number of carbonyl (C=O) groups excluding carboxylic acids is 1. The van der Waals surface area contributed by atoms with Crippen LogP contribution in [0.3, 0.4) is 0 Å². The molecular weight excluding hydrogens is 368 g/mol. The van der Waals surface area contributed by atoms with Crippen LogP contribution in [0.5, 0.6) is 0 Å². The molecule has 146 valence electrons. The van der Waals surface area contributed by atoms with E-state index in [9.17, 15) is 9.59 Å². The maximum absolute atomic E-state index is 12.3. The summed E-state index contributed by atoms with van der Waals surface area (Å²) in [7, 11) is 0. The van der Waals surface area contributed by atoms with E-state index in [1.807, 2.05) is 56.3 Å². The molecule has 6 nitrogen and oxygen atoms in total. The molecule has 0 saturated heterocycles. The van der Waals surface area contributed by atoms with Gasteiger partial charge in [0.05, 0.1) is 18.3 Å². The summed E-state index contributed by atoms with van der Waals surface area (Å²) in [5, 5.41) is 5.06. The quantitative estimate of drug-likeness (QED) is 0.383. The number of para-hydroxylation sites is 1. The van der Waals surface area contributed by atoms with Crippen LogP contribution < -0.4 is 5.63 Å². The van der Waals surface area contributed by atoms with E-state index < -0.39 is 5.63 Å². The van der Waals surface area contributed by atoms with Crippen molar-refractivity contribution < 1.29 is 13.9 Å². The summed E-state index contributed by atoms with van der Waals surface area (Å²) < 4.78 is 12.4. The molecule has 0 amide bonds. The number of esters is 1. The average molecular weight is 388 g/mol. The van der Waals surface area contributed by atoms with Gasteiger partial charge >= 0.3 is 11.6 Å². The third-order valence-corrected chi connectivity index (χ3v) is 4.84. The normalized spacial score (nSPS) is 11.0. The zero-order valence-electron chi connectivity index (χ0n) is 16.2. The third-order valence-electron chi connectivity index (χ3n) is 4.84. The van der Waals surface area contributed by atoms with Crippen LogP contribution in [0.1, 0.15) is 22.3 Å². The highest BCUT2D eigenvalue weighted by Gasteiger charge is 2.12. The Morgan fingerprint density at radius 3 is 2.66 bits per heavy atom. The first-order chi connectivity index (χ1) is 14.0. The largest absolute Gasteiger partial charge is 0.461 e. The topological polar surface area (TPSA) is 74.3 Å². The van der Waals surface area contributed by atoms with Crippen LogP contribution in [-0.2, 0) is 22.6 Å². The lowest BCUT2D eigenvalue weighted by Gasteiger charge is -2.09. The molecule has 0 atom stereocenters. The minimum atomic E-state index is -0.462. The number of hydrogen-bond acceptors (Lipinski definition) is 5. The highest BCUT2D eigenvalue weighted by molar-refractivity contribution is 5.82.